The van der Waals surface area contributed by atoms with Gasteiger partial charge in [-0.1, -0.05) is 6.92 Å². The Hall–Kier alpha value is -1.36. The molecule has 2 rings (SSSR count). The molecule has 2 heterocycles. The third-order valence-electron chi connectivity index (χ3n) is 3.70. The number of nitrogens with two attached hydrogens (primary N) is 1. The minimum Gasteiger partial charge on any atom is -0.384 e. The second-order valence-electron chi connectivity index (χ2n) is 5.52. The number of hydrogen-bond acceptors (Lipinski definition) is 5. The van der Waals surface area contributed by atoms with Crippen LogP contribution in [-0.2, 0) is 6.42 Å². The zero-order valence-electron chi connectivity index (χ0n) is 12.3. The molecule has 0 amide bonds. The van der Waals surface area contributed by atoms with Crippen molar-refractivity contribution in [2.24, 2.45) is 0 Å². The van der Waals surface area contributed by atoms with Crippen LogP contribution in [0.3, 0.4) is 0 Å². The quantitative estimate of drug-likeness (QED) is 0.893. The lowest BCUT2D eigenvalue weighted by Gasteiger charge is -2.36. The summed E-state index contributed by atoms with van der Waals surface area (Å²) in [4.78, 5) is 13.6. The van der Waals surface area contributed by atoms with E-state index in [1.807, 2.05) is 6.07 Å². The summed E-state index contributed by atoms with van der Waals surface area (Å²) in [5.74, 6) is 2.44. The summed E-state index contributed by atoms with van der Waals surface area (Å²) in [5, 5.41) is 0. The van der Waals surface area contributed by atoms with Crippen molar-refractivity contribution in [1.29, 1.82) is 0 Å². The molecule has 0 aromatic carbocycles. The predicted octanol–water partition coefficient (Wildman–Crippen LogP) is 1.54. The molecule has 0 radical (unpaired) electrons. The Labute approximate surface area is 115 Å². The molecule has 1 aromatic rings. The van der Waals surface area contributed by atoms with Crippen LogP contribution in [0.25, 0.3) is 0 Å². The average molecular weight is 263 g/mol. The summed E-state index contributed by atoms with van der Waals surface area (Å²) in [6.45, 7) is 4.22. The molecule has 5 heteroatoms. The van der Waals surface area contributed by atoms with E-state index in [4.69, 9.17) is 5.73 Å². The number of nitrogen functional groups attached to an aromatic ring is 1. The monoisotopic (exact) mass is 263 g/mol. The van der Waals surface area contributed by atoms with Crippen LogP contribution < -0.4 is 10.6 Å². The Morgan fingerprint density at radius 2 is 2.21 bits per heavy atom. The van der Waals surface area contributed by atoms with Crippen LogP contribution >= 0.6 is 0 Å². The first-order valence-corrected chi connectivity index (χ1v) is 7.15. The van der Waals surface area contributed by atoms with Crippen molar-refractivity contribution in [2.75, 3.05) is 37.8 Å². The molecular weight excluding hydrogens is 238 g/mol. The fraction of sp³-hybridized carbons (Fsp3) is 0.714. The van der Waals surface area contributed by atoms with Gasteiger partial charge in [-0.2, -0.15) is 0 Å². The number of piperidine rings is 1. The molecular formula is C14H25N5. The maximum absolute atomic E-state index is 5.90. The third-order valence-corrected chi connectivity index (χ3v) is 3.70. The molecule has 0 spiro atoms. The minimum absolute atomic E-state index is 0.584. The summed E-state index contributed by atoms with van der Waals surface area (Å²) in [7, 11) is 4.29. The molecule has 0 saturated carbocycles. The van der Waals surface area contributed by atoms with Crippen LogP contribution in [-0.4, -0.2) is 48.1 Å². The van der Waals surface area contributed by atoms with Crippen LogP contribution in [0.4, 0.5) is 11.6 Å². The predicted molar refractivity (Wildman–Crippen MR) is 79.4 cm³/mol. The van der Waals surface area contributed by atoms with Crippen LogP contribution in [0.5, 0.6) is 0 Å². The van der Waals surface area contributed by atoms with Crippen LogP contribution in [0.1, 0.15) is 32.0 Å². The Kier molecular flexibility index (Phi) is 4.58. The van der Waals surface area contributed by atoms with Crippen molar-refractivity contribution < 1.29 is 0 Å². The standard InChI is InChI=1S/C14H25N5/c1-4-6-13-16-12(15)9-14(17-13)19-8-5-7-11(10-19)18(2)3/h9,11H,4-8,10H2,1-3H3,(H2,15,16,17). The molecule has 1 aliphatic heterocycles. The average Bonchev–Trinajstić information content (AvgIpc) is 2.38. The van der Waals surface area contributed by atoms with E-state index in [0.717, 1.165) is 37.6 Å². The van der Waals surface area contributed by atoms with E-state index in [9.17, 15) is 0 Å². The highest BCUT2D eigenvalue weighted by atomic mass is 15.2. The molecule has 1 unspecified atom stereocenters. The van der Waals surface area contributed by atoms with Crippen LogP contribution in [0.2, 0.25) is 0 Å². The van der Waals surface area contributed by atoms with E-state index < -0.39 is 0 Å². The molecule has 1 atom stereocenters. The second-order valence-corrected chi connectivity index (χ2v) is 5.52. The number of aromatic nitrogens is 2. The number of aryl methyl sites for hydroxylation is 1. The molecule has 1 saturated heterocycles. The zero-order chi connectivity index (χ0) is 13.8. The lowest BCUT2D eigenvalue weighted by molar-refractivity contribution is 0.257. The van der Waals surface area contributed by atoms with Gasteiger partial charge in [0.25, 0.3) is 0 Å². The van der Waals surface area contributed by atoms with E-state index in [0.29, 0.717) is 11.9 Å². The number of likely N-dealkylation sites (N-methyl/N-ethyl adjacent to an activating group) is 1. The fourth-order valence-electron chi connectivity index (χ4n) is 2.58. The zero-order valence-corrected chi connectivity index (χ0v) is 12.3. The van der Waals surface area contributed by atoms with Crippen LogP contribution in [0.15, 0.2) is 6.07 Å². The van der Waals surface area contributed by atoms with Crippen molar-refractivity contribution in [3.8, 4) is 0 Å². The van der Waals surface area contributed by atoms with Crippen molar-refractivity contribution in [1.82, 2.24) is 14.9 Å². The molecule has 2 N–H and O–H groups in total. The van der Waals surface area contributed by atoms with Gasteiger partial charge in [0.05, 0.1) is 0 Å². The molecule has 1 fully saturated rings. The highest BCUT2D eigenvalue weighted by Crippen LogP contribution is 2.21. The topological polar surface area (TPSA) is 58.3 Å². The Balaban J connectivity index is 2.16. The summed E-state index contributed by atoms with van der Waals surface area (Å²) in [6.07, 6.45) is 4.40. The van der Waals surface area contributed by atoms with Crippen molar-refractivity contribution in [3.05, 3.63) is 11.9 Å². The van der Waals surface area contributed by atoms with Gasteiger partial charge in [-0.3, -0.25) is 0 Å². The SMILES string of the molecule is CCCc1nc(N)cc(N2CCCC(N(C)C)C2)n1. The molecule has 0 aliphatic carbocycles. The normalized spacial score (nSPS) is 20.0. The molecule has 0 bridgehead atoms. The van der Waals surface area contributed by atoms with E-state index in [1.54, 1.807) is 0 Å². The number of anilines is 2. The lowest BCUT2D eigenvalue weighted by atomic mass is 10.1. The van der Waals surface area contributed by atoms with Gasteiger partial charge in [0, 0.05) is 31.6 Å². The first-order chi connectivity index (χ1) is 9.10. The minimum atomic E-state index is 0.584. The van der Waals surface area contributed by atoms with Gasteiger partial charge in [0.1, 0.15) is 17.5 Å². The summed E-state index contributed by atoms with van der Waals surface area (Å²) < 4.78 is 0. The van der Waals surface area contributed by atoms with Crippen molar-refractivity contribution >= 4 is 11.6 Å². The maximum Gasteiger partial charge on any atom is 0.134 e. The Morgan fingerprint density at radius 1 is 1.42 bits per heavy atom. The summed E-state index contributed by atoms with van der Waals surface area (Å²) in [5.41, 5.74) is 5.90. The van der Waals surface area contributed by atoms with Crippen molar-refractivity contribution in [2.45, 2.75) is 38.6 Å². The van der Waals surface area contributed by atoms with E-state index in [2.05, 4.69) is 40.8 Å². The number of hydrogen-bond donors (Lipinski definition) is 1. The van der Waals surface area contributed by atoms with Gasteiger partial charge in [-0.15, -0.1) is 0 Å². The summed E-state index contributed by atoms with van der Waals surface area (Å²) >= 11 is 0. The second kappa shape index (κ2) is 6.19. The van der Waals surface area contributed by atoms with Gasteiger partial charge >= 0.3 is 0 Å². The highest BCUT2D eigenvalue weighted by molar-refractivity contribution is 5.47. The number of nitrogens with zero attached hydrogens (tertiary/aromatic N) is 4. The summed E-state index contributed by atoms with van der Waals surface area (Å²) in [6, 6.07) is 2.50. The molecule has 1 aliphatic rings. The lowest BCUT2D eigenvalue weighted by Crippen LogP contribution is -2.45. The molecule has 1 aromatic heterocycles. The number of rotatable bonds is 4. The molecule has 106 valence electrons. The largest absolute Gasteiger partial charge is 0.384 e. The Morgan fingerprint density at radius 3 is 2.89 bits per heavy atom. The molecule has 19 heavy (non-hydrogen) atoms. The Bertz CT molecular complexity index is 418. The smallest absolute Gasteiger partial charge is 0.134 e. The first-order valence-electron chi connectivity index (χ1n) is 7.15. The van der Waals surface area contributed by atoms with Crippen molar-refractivity contribution in [3.63, 3.8) is 0 Å². The molecule has 5 nitrogen and oxygen atoms in total. The van der Waals surface area contributed by atoms with E-state index >= 15 is 0 Å². The fourth-order valence-corrected chi connectivity index (χ4v) is 2.58. The maximum atomic E-state index is 5.90. The van der Waals surface area contributed by atoms with E-state index in [-0.39, 0.29) is 0 Å². The van der Waals surface area contributed by atoms with Gasteiger partial charge in [-0.25, -0.2) is 9.97 Å². The third kappa shape index (κ3) is 3.56. The van der Waals surface area contributed by atoms with Gasteiger partial charge in [0.15, 0.2) is 0 Å². The van der Waals surface area contributed by atoms with E-state index in [1.165, 1.54) is 12.8 Å². The first kappa shape index (κ1) is 14.1. The highest BCUT2D eigenvalue weighted by Gasteiger charge is 2.22. The van der Waals surface area contributed by atoms with Gasteiger partial charge < -0.3 is 15.5 Å². The van der Waals surface area contributed by atoms with Gasteiger partial charge in [0.2, 0.25) is 0 Å². The van der Waals surface area contributed by atoms with Crippen LogP contribution in [0, 0.1) is 0 Å². The van der Waals surface area contributed by atoms with Gasteiger partial charge in [-0.05, 0) is 33.4 Å².